The van der Waals surface area contributed by atoms with Gasteiger partial charge in [0.25, 0.3) is 0 Å². The van der Waals surface area contributed by atoms with Crippen molar-refractivity contribution in [3.8, 4) is 0 Å². The predicted molar refractivity (Wildman–Crippen MR) is 78.0 cm³/mol. The van der Waals surface area contributed by atoms with Crippen molar-refractivity contribution in [1.82, 2.24) is 15.3 Å². The summed E-state index contributed by atoms with van der Waals surface area (Å²) in [4.78, 5) is 8.37. The predicted octanol–water partition coefficient (Wildman–Crippen LogP) is 2.63. The van der Waals surface area contributed by atoms with Crippen LogP contribution < -0.4 is 5.32 Å². The van der Waals surface area contributed by atoms with E-state index in [0.29, 0.717) is 6.04 Å². The highest BCUT2D eigenvalue weighted by Gasteiger charge is 2.10. The molecule has 0 aromatic carbocycles. The lowest BCUT2D eigenvalue weighted by Gasteiger charge is -2.18. The van der Waals surface area contributed by atoms with E-state index in [-0.39, 0.29) is 0 Å². The van der Waals surface area contributed by atoms with E-state index >= 15 is 0 Å². The molecule has 0 saturated carbocycles. The highest BCUT2D eigenvalue weighted by Crippen LogP contribution is 2.07. The molecule has 2 heterocycles. The topological polar surface area (TPSA) is 37.8 Å². The monoisotopic (exact) mass is 255 g/mol. The van der Waals surface area contributed by atoms with E-state index < -0.39 is 0 Å². The highest BCUT2D eigenvalue weighted by molar-refractivity contribution is 5.14. The van der Waals surface area contributed by atoms with Gasteiger partial charge in [-0.1, -0.05) is 19.1 Å². The number of hydrogen-bond donors (Lipinski definition) is 1. The van der Waals surface area contributed by atoms with E-state index in [4.69, 9.17) is 0 Å². The van der Waals surface area contributed by atoms with Gasteiger partial charge in [-0.2, -0.15) is 0 Å². The maximum atomic E-state index is 4.18. The van der Waals surface area contributed by atoms with Gasteiger partial charge in [0.15, 0.2) is 0 Å². The maximum Gasteiger partial charge on any atom is 0.0300 e. The zero-order valence-corrected chi connectivity index (χ0v) is 11.4. The molecule has 1 N–H and O–H groups in total. The molecule has 0 radical (unpaired) electrons. The van der Waals surface area contributed by atoms with Crippen LogP contribution >= 0.6 is 0 Å². The number of pyridine rings is 2. The van der Waals surface area contributed by atoms with Crippen LogP contribution in [-0.4, -0.2) is 22.6 Å². The molecule has 100 valence electrons. The number of nitrogens with one attached hydrogen (secondary N) is 1. The average molecular weight is 255 g/mol. The fourth-order valence-electron chi connectivity index (χ4n) is 2.17. The van der Waals surface area contributed by atoms with Crippen molar-refractivity contribution in [3.63, 3.8) is 0 Å². The zero-order chi connectivity index (χ0) is 13.3. The summed E-state index contributed by atoms with van der Waals surface area (Å²) >= 11 is 0. The third kappa shape index (κ3) is 4.79. The quantitative estimate of drug-likeness (QED) is 0.826. The maximum absolute atomic E-state index is 4.18. The minimum atomic E-state index is 0.438. The summed E-state index contributed by atoms with van der Waals surface area (Å²) in [5.74, 6) is 0. The van der Waals surface area contributed by atoms with E-state index in [1.54, 1.807) is 0 Å². The summed E-state index contributed by atoms with van der Waals surface area (Å²) in [5.41, 5.74) is 2.56. The Kier molecular flexibility index (Phi) is 5.50. The number of hydrogen-bond acceptors (Lipinski definition) is 3. The van der Waals surface area contributed by atoms with Crippen LogP contribution in [0.25, 0.3) is 0 Å². The van der Waals surface area contributed by atoms with Gasteiger partial charge < -0.3 is 5.32 Å². The summed E-state index contributed by atoms with van der Waals surface area (Å²) in [6, 6.07) is 8.70. The molecule has 0 bridgehead atoms. The van der Waals surface area contributed by atoms with Crippen molar-refractivity contribution < 1.29 is 0 Å². The van der Waals surface area contributed by atoms with Crippen molar-refractivity contribution in [2.45, 2.75) is 32.2 Å². The van der Waals surface area contributed by atoms with Gasteiger partial charge in [0.2, 0.25) is 0 Å². The van der Waals surface area contributed by atoms with E-state index in [0.717, 1.165) is 25.8 Å². The molecule has 2 rings (SSSR count). The van der Waals surface area contributed by atoms with E-state index in [1.807, 2.05) is 36.9 Å². The first kappa shape index (κ1) is 13.7. The molecule has 2 aromatic rings. The smallest absolute Gasteiger partial charge is 0.0300 e. The van der Waals surface area contributed by atoms with Gasteiger partial charge in [-0.25, -0.2) is 0 Å². The molecule has 0 aliphatic heterocycles. The minimum Gasteiger partial charge on any atom is -0.313 e. The van der Waals surface area contributed by atoms with E-state index in [1.165, 1.54) is 11.1 Å². The summed E-state index contributed by atoms with van der Waals surface area (Å²) < 4.78 is 0. The molecule has 0 unspecified atom stereocenters. The molecular weight excluding hydrogens is 234 g/mol. The second kappa shape index (κ2) is 7.64. The van der Waals surface area contributed by atoms with Gasteiger partial charge in [-0.3, -0.25) is 9.97 Å². The molecule has 0 aliphatic carbocycles. The van der Waals surface area contributed by atoms with Gasteiger partial charge in [-0.05, 0) is 49.1 Å². The number of rotatable bonds is 7. The molecule has 0 spiro atoms. The summed E-state index contributed by atoms with van der Waals surface area (Å²) in [6.45, 7) is 3.24. The van der Waals surface area contributed by atoms with Crippen LogP contribution in [-0.2, 0) is 12.8 Å². The van der Waals surface area contributed by atoms with Crippen LogP contribution in [0.3, 0.4) is 0 Å². The molecule has 0 saturated heterocycles. The normalized spacial score (nSPS) is 10.8. The summed E-state index contributed by atoms with van der Waals surface area (Å²) in [6.07, 6.45) is 10.7. The Hall–Kier alpha value is -1.74. The molecule has 3 heteroatoms. The van der Waals surface area contributed by atoms with Gasteiger partial charge in [0.05, 0.1) is 0 Å². The standard InChI is InChI=1S/C16H21N3/c1-2-7-19-16(10-14-5-3-8-17-12-14)11-15-6-4-9-18-13-15/h3-6,8-9,12-13,16,19H,2,7,10-11H2,1H3. The average Bonchev–Trinajstić information content (AvgIpc) is 2.47. The molecule has 0 fully saturated rings. The van der Waals surface area contributed by atoms with Crippen LogP contribution in [0.15, 0.2) is 49.1 Å². The Bertz CT molecular complexity index is 414. The van der Waals surface area contributed by atoms with Gasteiger partial charge in [0, 0.05) is 30.8 Å². The first-order valence-electron chi connectivity index (χ1n) is 6.89. The lowest BCUT2D eigenvalue weighted by molar-refractivity contribution is 0.504. The molecule has 2 aromatic heterocycles. The Morgan fingerprint density at radius 1 is 1.00 bits per heavy atom. The molecule has 3 nitrogen and oxygen atoms in total. The number of nitrogens with zero attached hydrogens (tertiary/aromatic N) is 2. The van der Waals surface area contributed by atoms with Crippen molar-refractivity contribution in [3.05, 3.63) is 60.2 Å². The van der Waals surface area contributed by atoms with Gasteiger partial charge >= 0.3 is 0 Å². The zero-order valence-electron chi connectivity index (χ0n) is 11.4. The molecule has 0 amide bonds. The third-order valence-electron chi connectivity index (χ3n) is 3.09. The SMILES string of the molecule is CCCNC(Cc1cccnc1)Cc1cccnc1. The highest BCUT2D eigenvalue weighted by atomic mass is 14.9. The summed E-state index contributed by atoms with van der Waals surface area (Å²) in [5, 5.41) is 3.61. The Labute approximate surface area is 115 Å². The van der Waals surface area contributed by atoms with E-state index in [2.05, 4.69) is 34.3 Å². The van der Waals surface area contributed by atoms with Gasteiger partial charge in [0.1, 0.15) is 0 Å². The van der Waals surface area contributed by atoms with Crippen molar-refractivity contribution >= 4 is 0 Å². The van der Waals surface area contributed by atoms with Gasteiger partial charge in [-0.15, -0.1) is 0 Å². The number of aromatic nitrogens is 2. The summed E-state index contributed by atoms with van der Waals surface area (Å²) in [7, 11) is 0. The van der Waals surface area contributed by atoms with Crippen molar-refractivity contribution in [2.24, 2.45) is 0 Å². The van der Waals surface area contributed by atoms with Crippen LogP contribution in [0.2, 0.25) is 0 Å². The lowest BCUT2D eigenvalue weighted by Crippen LogP contribution is -2.33. The molecular formula is C16H21N3. The molecule has 19 heavy (non-hydrogen) atoms. The fraction of sp³-hybridized carbons (Fsp3) is 0.375. The van der Waals surface area contributed by atoms with Crippen molar-refractivity contribution in [1.29, 1.82) is 0 Å². The minimum absolute atomic E-state index is 0.438. The molecule has 0 aliphatic rings. The third-order valence-corrected chi connectivity index (χ3v) is 3.09. The Morgan fingerprint density at radius 2 is 1.58 bits per heavy atom. The van der Waals surface area contributed by atoms with Crippen LogP contribution in [0.5, 0.6) is 0 Å². The second-order valence-electron chi connectivity index (χ2n) is 4.78. The Balaban J connectivity index is 1.99. The van der Waals surface area contributed by atoms with Crippen LogP contribution in [0.4, 0.5) is 0 Å². The first-order chi connectivity index (χ1) is 9.38. The fourth-order valence-corrected chi connectivity index (χ4v) is 2.17. The molecule has 0 atom stereocenters. The largest absolute Gasteiger partial charge is 0.313 e. The second-order valence-corrected chi connectivity index (χ2v) is 4.78. The van der Waals surface area contributed by atoms with Crippen molar-refractivity contribution in [2.75, 3.05) is 6.54 Å². The first-order valence-corrected chi connectivity index (χ1v) is 6.89. The lowest BCUT2D eigenvalue weighted by atomic mass is 10.0. The van der Waals surface area contributed by atoms with Crippen LogP contribution in [0.1, 0.15) is 24.5 Å². The van der Waals surface area contributed by atoms with E-state index in [9.17, 15) is 0 Å². The van der Waals surface area contributed by atoms with Crippen LogP contribution in [0, 0.1) is 0 Å². The Morgan fingerprint density at radius 3 is 2.00 bits per heavy atom.